The Morgan fingerprint density at radius 3 is 2.47 bits per heavy atom. The molecule has 1 aromatic rings. The Hall–Kier alpha value is -1.72. The minimum absolute atomic E-state index is 0.00635. The van der Waals surface area contributed by atoms with Gasteiger partial charge in [-0.3, -0.25) is 0 Å². The lowest BCUT2D eigenvalue weighted by atomic mass is 10.1. The number of nitrogens with zero attached hydrogens (tertiary/aromatic N) is 1. The summed E-state index contributed by atoms with van der Waals surface area (Å²) in [5, 5.41) is 13.5. The number of ether oxygens (including phenoxy) is 1. The van der Waals surface area contributed by atoms with Gasteiger partial charge in [-0.2, -0.15) is 14.0 Å². The smallest absolute Gasteiger partial charge is 0.387 e. The topological polar surface area (TPSA) is 93.2 Å². The predicted molar refractivity (Wildman–Crippen MR) is 53.9 cm³/mol. The van der Waals surface area contributed by atoms with Crippen LogP contribution in [0.15, 0.2) is 17.0 Å². The molecule has 0 atom stereocenters. The third-order valence-corrected chi connectivity index (χ3v) is 2.80. The van der Waals surface area contributed by atoms with Crippen LogP contribution in [-0.2, 0) is 10.0 Å². The summed E-state index contributed by atoms with van der Waals surface area (Å²) in [6, 6.07) is 3.82. The number of sulfonamides is 1. The molecule has 17 heavy (non-hydrogen) atoms. The number of primary sulfonamides is 1. The molecule has 0 heterocycles. The van der Waals surface area contributed by atoms with Gasteiger partial charge in [0, 0.05) is 0 Å². The molecular formula is C9H8F2N2O3S. The van der Waals surface area contributed by atoms with Gasteiger partial charge in [0.15, 0.2) is 0 Å². The maximum atomic E-state index is 12.1. The third-order valence-electron chi connectivity index (χ3n) is 1.88. The number of hydrogen-bond donors (Lipinski definition) is 1. The molecule has 0 bridgehead atoms. The van der Waals surface area contributed by atoms with Crippen molar-refractivity contribution in [3.63, 3.8) is 0 Å². The van der Waals surface area contributed by atoms with Gasteiger partial charge in [0.05, 0.1) is 11.6 Å². The van der Waals surface area contributed by atoms with Crippen LogP contribution in [0, 0.1) is 18.3 Å². The van der Waals surface area contributed by atoms with Crippen molar-refractivity contribution in [1.82, 2.24) is 0 Å². The summed E-state index contributed by atoms with van der Waals surface area (Å²) in [5.41, 5.74) is 0.0847. The monoisotopic (exact) mass is 262 g/mol. The molecule has 0 spiro atoms. The van der Waals surface area contributed by atoms with Gasteiger partial charge in [-0.25, -0.2) is 13.6 Å². The maximum Gasteiger partial charge on any atom is 0.387 e. The number of aryl methyl sites for hydroxylation is 1. The van der Waals surface area contributed by atoms with Gasteiger partial charge in [0.25, 0.3) is 0 Å². The van der Waals surface area contributed by atoms with Gasteiger partial charge in [0.2, 0.25) is 10.0 Å². The molecule has 1 aromatic carbocycles. The standard InChI is InChI=1S/C9H8F2N2O3S/c1-5-2-6(4-12)3-7(17(13,14)15)8(5)16-9(10)11/h2-3,9H,1H3,(H2,13,14,15). The SMILES string of the molecule is Cc1cc(C#N)cc(S(N)(=O)=O)c1OC(F)F. The quantitative estimate of drug-likeness (QED) is 0.883. The van der Waals surface area contributed by atoms with E-state index in [0.717, 1.165) is 6.07 Å². The van der Waals surface area contributed by atoms with E-state index in [1.54, 1.807) is 6.07 Å². The summed E-state index contributed by atoms with van der Waals surface area (Å²) in [4.78, 5) is -0.630. The van der Waals surface area contributed by atoms with Crippen LogP contribution < -0.4 is 9.88 Å². The second-order valence-corrected chi connectivity index (χ2v) is 4.69. The average molecular weight is 262 g/mol. The number of rotatable bonds is 3. The van der Waals surface area contributed by atoms with Gasteiger partial charge in [-0.05, 0) is 24.6 Å². The van der Waals surface area contributed by atoms with Crippen molar-refractivity contribution < 1.29 is 21.9 Å². The predicted octanol–water partition coefficient (Wildman–Crippen LogP) is 1.12. The van der Waals surface area contributed by atoms with Gasteiger partial charge in [0.1, 0.15) is 10.6 Å². The number of halogens is 2. The van der Waals surface area contributed by atoms with Crippen LogP contribution in [0.1, 0.15) is 11.1 Å². The zero-order chi connectivity index (χ0) is 13.2. The van der Waals surface area contributed by atoms with Gasteiger partial charge in [-0.1, -0.05) is 0 Å². The minimum Gasteiger partial charge on any atom is -0.433 e. The first-order valence-corrected chi connectivity index (χ1v) is 5.82. The van der Waals surface area contributed by atoms with E-state index in [2.05, 4.69) is 4.74 Å². The number of nitriles is 1. The molecule has 0 amide bonds. The van der Waals surface area contributed by atoms with Crippen LogP contribution in [0.3, 0.4) is 0 Å². The second-order valence-electron chi connectivity index (χ2n) is 3.16. The lowest BCUT2D eigenvalue weighted by Crippen LogP contribution is -2.16. The maximum absolute atomic E-state index is 12.1. The van der Waals surface area contributed by atoms with Crippen LogP contribution in [0.2, 0.25) is 0 Å². The number of alkyl halides is 2. The summed E-state index contributed by atoms with van der Waals surface area (Å²) in [5.74, 6) is -0.540. The Kier molecular flexibility index (Phi) is 3.65. The van der Waals surface area contributed by atoms with E-state index >= 15 is 0 Å². The molecule has 0 aliphatic rings. The lowest BCUT2D eigenvalue weighted by molar-refractivity contribution is -0.0522. The summed E-state index contributed by atoms with van der Waals surface area (Å²) in [6.45, 7) is -1.84. The van der Waals surface area contributed by atoms with Crippen molar-refractivity contribution in [2.45, 2.75) is 18.4 Å². The first-order chi connectivity index (χ1) is 7.75. The van der Waals surface area contributed by atoms with E-state index in [9.17, 15) is 17.2 Å². The van der Waals surface area contributed by atoms with Gasteiger partial charge in [-0.15, -0.1) is 0 Å². The third kappa shape index (κ3) is 3.12. The molecule has 1 rings (SSSR count). The molecule has 8 heteroatoms. The fraction of sp³-hybridized carbons (Fsp3) is 0.222. The molecule has 0 saturated heterocycles. The highest BCUT2D eigenvalue weighted by atomic mass is 32.2. The van der Waals surface area contributed by atoms with Crippen molar-refractivity contribution in [2.24, 2.45) is 5.14 Å². The first kappa shape index (κ1) is 13.3. The van der Waals surface area contributed by atoms with E-state index < -0.39 is 27.3 Å². The van der Waals surface area contributed by atoms with E-state index in [1.807, 2.05) is 0 Å². The van der Waals surface area contributed by atoms with Crippen LogP contribution in [0.4, 0.5) is 8.78 Å². The molecule has 0 saturated carbocycles. The van der Waals surface area contributed by atoms with Crippen LogP contribution in [0.25, 0.3) is 0 Å². The molecule has 0 fully saturated rings. The molecular weight excluding hydrogens is 254 g/mol. The van der Waals surface area contributed by atoms with E-state index in [0.29, 0.717) is 0 Å². The van der Waals surface area contributed by atoms with Crippen molar-refractivity contribution >= 4 is 10.0 Å². The fourth-order valence-electron chi connectivity index (χ4n) is 1.26. The van der Waals surface area contributed by atoms with Gasteiger partial charge < -0.3 is 4.74 Å². The Morgan fingerprint density at radius 1 is 1.47 bits per heavy atom. The van der Waals surface area contributed by atoms with Crippen molar-refractivity contribution in [1.29, 1.82) is 5.26 Å². The summed E-state index contributed by atoms with van der Waals surface area (Å²) in [6.07, 6.45) is 0. The summed E-state index contributed by atoms with van der Waals surface area (Å²) in [7, 11) is -4.24. The molecule has 92 valence electrons. The molecule has 0 radical (unpaired) electrons. The van der Waals surface area contributed by atoms with E-state index in [4.69, 9.17) is 10.4 Å². The van der Waals surface area contributed by atoms with Crippen LogP contribution >= 0.6 is 0 Å². The highest BCUT2D eigenvalue weighted by Gasteiger charge is 2.21. The van der Waals surface area contributed by atoms with Gasteiger partial charge >= 0.3 is 6.61 Å². The minimum atomic E-state index is -4.24. The highest BCUT2D eigenvalue weighted by Crippen LogP contribution is 2.29. The zero-order valence-electron chi connectivity index (χ0n) is 8.65. The Labute approximate surface area is 96.5 Å². The molecule has 5 nitrogen and oxygen atoms in total. The highest BCUT2D eigenvalue weighted by molar-refractivity contribution is 7.89. The number of nitrogens with two attached hydrogens (primary N) is 1. The van der Waals surface area contributed by atoms with Crippen molar-refractivity contribution in [3.8, 4) is 11.8 Å². The van der Waals surface area contributed by atoms with Crippen LogP contribution in [-0.4, -0.2) is 15.0 Å². The molecule has 0 aliphatic carbocycles. The second kappa shape index (κ2) is 4.65. The normalized spacial score (nSPS) is 11.3. The number of benzene rings is 1. The van der Waals surface area contributed by atoms with Crippen molar-refractivity contribution in [2.75, 3.05) is 0 Å². The Morgan fingerprint density at radius 2 is 2.06 bits per heavy atom. The van der Waals surface area contributed by atoms with E-state index in [1.165, 1.54) is 13.0 Å². The first-order valence-electron chi connectivity index (χ1n) is 4.28. The summed E-state index contributed by atoms with van der Waals surface area (Å²) < 4.78 is 50.8. The molecule has 0 unspecified atom stereocenters. The Bertz CT molecular complexity index is 579. The van der Waals surface area contributed by atoms with Crippen LogP contribution in [0.5, 0.6) is 5.75 Å². The number of hydrogen-bond acceptors (Lipinski definition) is 4. The molecule has 2 N–H and O–H groups in total. The largest absolute Gasteiger partial charge is 0.433 e. The average Bonchev–Trinajstić information content (AvgIpc) is 2.18. The Balaban J connectivity index is 3.53. The fourth-order valence-corrected chi connectivity index (χ4v) is 2.02. The van der Waals surface area contributed by atoms with Crippen molar-refractivity contribution in [3.05, 3.63) is 23.3 Å². The summed E-state index contributed by atoms with van der Waals surface area (Å²) >= 11 is 0. The lowest BCUT2D eigenvalue weighted by Gasteiger charge is -2.12. The zero-order valence-corrected chi connectivity index (χ0v) is 9.46. The molecule has 0 aliphatic heterocycles. The van der Waals surface area contributed by atoms with E-state index in [-0.39, 0.29) is 11.1 Å². The molecule has 0 aromatic heterocycles.